The van der Waals surface area contributed by atoms with Crippen LogP contribution in [0, 0.1) is 0 Å². The topological polar surface area (TPSA) is 50.1 Å². The predicted octanol–water partition coefficient (Wildman–Crippen LogP) is 1.41. The van der Waals surface area contributed by atoms with Crippen molar-refractivity contribution in [1.29, 1.82) is 0 Å². The van der Waals surface area contributed by atoms with Gasteiger partial charge in [-0.1, -0.05) is 13.3 Å². The first-order valence-electron chi connectivity index (χ1n) is 6.03. The third-order valence-electron chi connectivity index (χ3n) is 2.62. The summed E-state index contributed by atoms with van der Waals surface area (Å²) in [5.74, 6) is 0. The van der Waals surface area contributed by atoms with Gasteiger partial charge in [0.05, 0.1) is 11.9 Å². The summed E-state index contributed by atoms with van der Waals surface area (Å²) in [5.41, 5.74) is -0.566. The molecule has 0 aromatic carbocycles. The van der Waals surface area contributed by atoms with Crippen molar-refractivity contribution in [2.75, 3.05) is 13.1 Å². The Kier molecular flexibility index (Phi) is 5.49. The third-order valence-corrected chi connectivity index (χ3v) is 2.62. The predicted molar refractivity (Wildman–Crippen MR) is 65.2 cm³/mol. The molecule has 1 aromatic rings. The average molecular weight is 225 g/mol. The molecule has 2 N–H and O–H groups in total. The Labute approximate surface area is 97.7 Å². The molecule has 0 fully saturated rings. The van der Waals surface area contributed by atoms with Crippen LogP contribution in [-0.4, -0.2) is 33.3 Å². The quantitative estimate of drug-likeness (QED) is 0.658. The Balaban J connectivity index is 2.03. The summed E-state index contributed by atoms with van der Waals surface area (Å²) in [6.07, 6.45) is 8.50. The van der Waals surface area contributed by atoms with Crippen LogP contribution in [0.4, 0.5) is 0 Å². The molecule has 4 nitrogen and oxygen atoms in total. The van der Waals surface area contributed by atoms with Crippen molar-refractivity contribution >= 4 is 0 Å². The minimum atomic E-state index is -0.566. The first kappa shape index (κ1) is 13.2. The number of rotatable bonds is 8. The van der Waals surface area contributed by atoms with Crippen molar-refractivity contribution < 1.29 is 5.11 Å². The van der Waals surface area contributed by atoms with E-state index in [9.17, 15) is 5.11 Å². The van der Waals surface area contributed by atoms with Gasteiger partial charge in [-0.15, -0.1) is 0 Å². The van der Waals surface area contributed by atoms with E-state index in [0.717, 1.165) is 32.4 Å². The lowest BCUT2D eigenvalue weighted by Crippen LogP contribution is -2.38. The van der Waals surface area contributed by atoms with Crippen LogP contribution in [-0.2, 0) is 6.54 Å². The van der Waals surface area contributed by atoms with E-state index in [-0.39, 0.29) is 0 Å². The van der Waals surface area contributed by atoms with Crippen molar-refractivity contribution in [3.05, 3.63) is 18.7 Å². The molecule has 0 spiro atoms. The van der Waals surface area contributed by atoms with E-state index >= 15 is 0 Å². The highest BCUT2D eigenvalue weighted by molar-refractivity contribution is 4.76. The molecule has 92 valence electrons. The van der Waals surface area contributed by atoms with E-state index in [1.54, 1.807) is 6.20 Å². The monoisotopic (exact) mass is 225 g/mol. The van der Waals surface area contributed by atoms with E-state index in [1.165, 1.54) is 0 Å². The molecule has 0 aliphatic heterocycles. The molecule has 0 bridgehead atoms. The number of aliphatic hydroxyl groups is 1. The summed E-state index contributed by atoms with van der Waals surface area (Å²) >= 11 is 0. The molecule has 4 heteroatoms. The van der Waals surface area contributed by atoms with Crippen LogP contribution in [0.25, 0.3) is 0 Å². The van der Waals surface area contributed by atoms with Gasteiger partial charge in [0.1, 0.15) is 0 Å². The van der Waals surface area contributed by atoms with Gasteiger partial charge in [-0.3, -0.25) is 0 Å². The highest BCUT2D eigenvalue weighted by Gasteiger charge is 2.17. The maximum absolute atomic E-state index is 9.92. The Bertz CT molecular complexity index is 270. The summed E-state index contributed by atoms with van der Waals surface area (Å²) in [6, 6.07) is 0. The molecule has 0 radical (unpaired) electrons. The molecular weight excluding hydrogens is 202 g/mol. The molecule has 0 amide bonds. The van der Waals surface area contributed by atoms with E-state index in [2.05, 4.69) is 21.8 Å². The van der Waals surface area contributed by atoms with Gasteiger partial charge in [0, 0.05) is 25.5 Å². The van der Waals surface area contributed by atoms with Crippen molar-refractivity contribution in [2.24, 2.45) is 0 Å². The number of aryl methyl sites for hydroxylation is 1. The molecule has 0 saturated heterocycles. The van der Waals surface area contributed by atoms with Crippen LogP contribution in [0.3, 0.4) is 0 Å². The fraction of sp³-hybridized carbons (Fsp3) is 0.750. The van der Waals surface area contributed by atoms with Crippen LogP contribution >= 0.6 is 0 Å². The maximum Gasteiger partial charge on any atom is 0.0945 e. The van der Waals surface area contributed by atoms with Gasteiger partial charge in [-0.25, -0.2) is 4.98 Å². The van der Waals surface area contributed by atoms with Gasteiger partial charge in [0.2, 0.25) is 0 Å². The van der Waals surface area contributed by atoms with Crippen LogP contribution < -0.4 is 5.32 Å². The standard InChI is InChI=1S/C12H23N3O/c1-3-5-12(2,16)10-13-6-4-8-15-9-7-14-11-15/h7,9,11,13,16H,3-6,8,10H2,1-2H3. The molecule has 16 heavy (non-hydrogen) atoms. The SMILES string of the molecule is CCCC(C)(O)CNCCCn1ccnc1. The second kappa shape index (κ2) is 6.66. The smallest absolute Gasteiger partial charge is 0.0945 e. The summed E-state index contributed by atoms with van der Waals surface area (Å²) in [4.78, 5) is 3.99. The molecule has 1 rings (SSSR count). The zero-order chi connectivity index (χ0) is 11.9. The van der Waals surface area contributed by atoms with Gasteiger partial charge in [0.25, 0.3) is 0 Å². The van der Waals surface area contributed by atoms with Gasteiger partial charge < -0.3 is 15.0 Å². The summed E-state index contributed by atoms with van der Waals surface area (Å²) in [5, 5.41) is 13.2. The van der Waals surface area contributed by atoms with E-state index in [1.807, 2.05) is 19.4 Å². The van der Waals surface area contributed by atoms with Gasteiger partial charge >= 0.3 is 0 Å². The zero-order valence-corrected chi connectivity index (χ0v) is 10.3. The molecule has 1 unspecified atom stereocenters. The Morgan fingerprint density at radius 2 is 2.31 bits per heavy atom. The lowest BCUT2D eigenvalue weighted by atomic mass is 10.0. The maximum atomic E-state index is 9.92. The summed E-state index contributed by atoms with van der Waals surface area (Å²) in [7, 11) is 0. The zero-order valence-electron chi connectivity index (χ0n) is 10.3. The first-order valence-corrected chi connectivity index (χ1v) is 6.03. The first-order chi connectivity index (χ1) is 7.64. The van der Waals surface area contributed by atoms with E-state index < -0.39 is 5.60 Å². The van der Waals surface area contributed by atoms with Crippen molar-refractivity contribution in [1.82, 2.24) is 14.9 Å². The minimum absolute atomic E-state index is 0.566. The molecule has 0 aliphatic carbocycles. The summed E-state index contributed by atoms with van der Waals surface area (Å²) < 4.78 is 2.06. The molecular formula is C12H23N3O. The van der Waals surface area contributed by atoms with Crippen LogP contribution in [0.15, 0.2) is 18.7 Å². The number of aromatic nitrogens is 2. The van der Waals surface area contributed by atoms with E-state index in [0.29, 0.717) is 6.54 Å². The minimum Gasteiger partial charge on any atom is -0.389 e. The highest BCUT2D eigenvalue weighted by atomic mass is 16.3. The Hall–Kier alpha value is -0.870. The molecule has 1 aromatic heterocycles. The third kappa shape index (κ3) is 5.28. The number of hydrogen-bond acceptors (Lipinski definition) is 3. The van der Waals surface area contributed by atoms with E-state index in [4.69, 9.17) is 0 Å². The molecule has 1 atom stereocenters. The fourth-order valence-corrected chi connectivity index (χ4v) is 1.79. The number of imidazole rings is 1. The Morgan fingerprint density at radius 1 is 1.50 bits per heavy atom. The van der Waals surface area contributed by atoms with Crippen LogP contribution in [0.5, 0.6) is 0 Å². The number of nitrogens with zero attached hydrogens (tertiary/aromatic N) is 2. The normalized spacial score (nSPS) is 14.9. The lowest BCUT2D eigenvalue weighted by molar-refractivity contribution is 0.0501. The second-order valence-electron chi connectivity index (χ2n) is 4.58. The van der Waals surface area contributed by atoms with Gasteiger partial charge in [0.15, 0.2) is 0 Å². The average Bonchev–Trinajstić information content (AvgIpc) is 2.69. The van der Waals surface area contributed by atoms with Crippen molar-refractivity contribution in [3.63, 3.8) is 0 Å². The number of hydrogen-bond donors (Lipinski definition) is 2. The molecule has 1 heterocycles. The van der Waals surface area contributed by atoms with Crippen LogP contribution in [0.1, 0.15) is 33.1 Å². The largest absolute Gasteiger partial charge is 0.389 e. The van der Waals surface area contributed by atoms with Crippen LogP contribution in [0.2, 0.25) is 0 Å². The van der Waals surface area contributed by atoms with Crippen molar-refractivity contribution in [2.45, 2.75) is 45.3 Å². The summed E-state index contributed by atoms with van der Waals surface area (Å²) in [6.45, 7) is 6.55. The van der Waals surface area contributed by atoms with Crippen molar-refractivity contribution in [3.8, 4) is 0 Å². The molecule has 0 aliphatic rings. The highest BCUT2D eigenvalue weighted by Crippen LogP contribution is 2.09. The van der Waals surface area contributed by atoms with Gasteiger partial charge in [-0.05, 0) is 26.3 Å². The fourth-order valence-electron chi connectivity index (χ4n) is 1.79. The second-order valence-corrected chi connectivity index (χ2v) is 4.58. The number of nitrogens with one attached hydrogen (secondary N) is 1. The Morgan fingerprint density at radius 3 is 2.94 bits per heavy atom. The van der Waals surface area contributed by atoms with Gasteiger partial charge in [-0.2, -0.15) is 0 Å². The molecule has 0 saturated carbocycles. The lowest BCUT2D eigenvalue weighted by Gasteiger charge is -2.23.